The Morgan fingerprint density at radius 2 is 2.00 bits per heavy atom. The molecule has 0 aliphatic heterocycles. The van der Waals surface area contributed by atoms with Crippen molar-refractivity contribution in [1.82, 2.24) is 20.3 Å². The van der Waals surface area contributed by atoms with Crippen LogP contribution in [0.1, 0.15) is 64.6 Å². The molecule has 1 aliphatic rings. The van der Waals surface area contributed by atoms with Crippen molar-refractivity contribution < 1.29 is 4.52 Å². The Kier molecular flexibility index (Phi) is 5.21. The summed E-state index contributed by atoms with van der Waals surface area (Å²) in [4.78, 5) is 4.44. The average molecular weight is 354 g/mol. The molecule has 1 fully saturated rings. The number of thioether (sulfide) groups is 1. The fraction of sp³-hybridized carbons (Fsp3) is 0.733. The first-order valence-electron chi connectivity index (χ1n) is 8.06. The van der Waals surface area contributed by atoms with Crippen molar-refractivity contribution in [1.29, 1.82) is 0 Å². The number of rotatable bonds is 5. The number of nitrogens with zero attached hydrogens (tertiary/aromatic N) is 4. The second kappa shape index (κ2) is 7.17. The van der Waals surface area contributed by atoms with E-state index in [9.17, 15) is 0 Å². The summed E-state index contributed by atoms with van der Waals surface area (Å²) in [5, 5.41) is 16.9. The Bertz CT molecular complexity index is 628. The molecule has 2 aromatic rings. The molecule has 0 bridgehead atoms. The Balaban J connectivity index is 1.51. The maximum atomic E-state index is 5.30. The molecular weight excluding hydrogens is 330 g/mol. The van der Waals surface area contributed by atoms with Gasteiger partial charge in [-0.05, 0) is 12.8 Å². The van der Waals surface area contributed by atoms with Crippen LogP contribution in [0.15, 0.2) is 8.86 Å². The molecule has 126 valence electrons. The third-order valence-electron chi connectivity index (χ3n) is 3.80. The van der Waals surface area contributed by atoms with Crippen LogP contribution in [0.5, 0.6) is 0 Å². The molecule has 23 heavy (non-hydrogen) atoms. The van der Waals surface area contributed by atoms with E-state index >= 15 is 0 Å². The van der Waals surface area contributed by atoms with E-state index in [1.165, 1.54) is 32.1 Å². The van der Waals surface area contributed by atoms with E-state index in [2.05, 4.69) is 46.4 Å². The third-order valence-corrected chi connectivity index (χ3v) is 5.77. The highest BCUT2D eigenvalue weighted by atomic mass is 32.2. The van der Waals surface area contributed by atoms with Gasteiger partial charge in [-0.25, -0.2) is 0 Å². The molecule has 0 unspecified atom stereocenters. The molecule has 3 rings (SSSR count). The fourth-order valence-electron chi connectivity index (χ4n) is 2.49. The minimum atomic E-state index is -0.0910. The first-order chi connectivity index (χ1) is 11.0. The van der Waals surface area contributed by atoms with Crippen molar-refractivity contribution in [2.24, 2.45) is 0 Å². The third kappa shape index (κ3) is 4.67. The topological polar surface area (TPSA) is 76.7 Å². The van der Waals surface area contributed by atoms with Crippen molar-refractivity contribution in [2.45, 2.75) is 74.4 Å². The van der Waals surface area contributed by atoms with Gasteiger partial charge in [0.05, 0.1) is 5.75 Å². The van der Waals surface area contributed by atoms with E-state index in [0.717, 1.165) is 15.3 Å². The molecule has 0 atom stereocenters. The van der Waals surface area contributed by atoms with Gasteiger partial charge in [0, 0.05) is 11.5 Å². The average Bonchev–Trinajstić information content (AvgIpc) is 3.15. The van der Waals surface area contributed by atoms with Crippen molar-refractivity contribution in [2.75, 3.05) is 5.32 Å². The Morgan fingerprint density at radius 3 is 2.70 bits per heavy atom. The Hall–Kier alpha value is -1.15. The van der Waals surface area contributed by atoms with Crippen molar-refractivity contribution in [3.05, 3.63) is 11.7 Å². The van der Waals surface area contributed by atoms with Crippen molar-refractivity contribution in [3.8, 4) is 0 Å². The van der Waals surface area contributed by atoms with E-state index in [1.54, 1.807) is 23.1 Å². The van der Waals surface area contributed by atoms with Crippen molar-refractivity contribution in [3.63, 3.8) is 0 Å². The lowest BCUT2D eigenvalue weighted by molar-refractivity contribution is 0.373. The van der Waals surface area contributed by atoms with Crippen LogP contribution >= 0.6 is 23.1 Å². The lowest BCUT2D eigenvalue weighted by Gasteiger charge is -2.21. The van der Waals surface area contributed by atoms with Gasteiger partial charge in [-0.3, -0.25) is 0 Å². The molecule has 6 nitrogen and oxygen atoms in total. The monoisotopic (exact) mass is 353 g/mol. The zero-order valence-electron chi connectivity index (χ0n) is 13.8. The van der Waals surface area contributed by atoms with Gasteiger partial charge in [0.15, 0.2) is 10.2 Å². The zero-order valence-corrected chi connectivity index (χ0v) is 15.5. The lowest BCUT2D eigenvalue weighted by Crippen LogP contribution is -2.21. The molecule has 2 heterocycles. The standard InChI is InChI=1S/C15H23N5OS2/c1-15(2,3)12-17-11(21-20-12)9-22-14-19-18-13(23-14)16-10-7-5-4-6-8-10/h10H,4-9H2,1-3H3,(H,16,18). The molecule has 2 aromatic heterocycles. The molecule has 0 radical (unpaired) electrons. The predicted molar refractivity (Wildman–Crippen MR) is 93.0 cm³/mol. The predicted octanol–water partition coefficient (Wildman–Crippen LogP) is 4.26. The number of nitrogens with one attached hydrogen (secondary N) is 1. The molecule has 0 amide bonds. The minimum Gasteiger partial charge on any atom is -0.357 e. The van der Waals surface area contributed by atoms with E-state index < -0.39 is 0 Å². The summed E-state index contributed by atoms with van der Waals surface area (Å²) in [5.74, 6) is 2.00. The highest BCUT2D eigenvalue weighted by Gasteiger charge is 2.21. The smallest absolute Gasteiger partial charge is 0.237 e. The number of anilines is 1. The van der Waals surface area contributed by atoms with Crippen LogP contribution in [-0.4, -0.2) is 26.4 Å². The van der Waals surface area contributed by atoms with Crippen LogP contribution in [0.2, 0.25) is 0 Å². The van der Waals surface area contributed by atoms with Crippen LogP contribution in [0.25, 0.3) is 0 Å². The quantitative estimate of drug-likeness (QED) is 0.805. The molecule has 8 heteroatoms. The SMILES string of the molecule is CC(C)(C)c1noc(CSc2nnc(NC3CCCCC3)s2)n1. The van der Waals surface area contributed by atoms with Gasteiger partial charge in [-0.2, -0.15) is 4.98 Å². The maximum absolute atomic E-state index is 5.30. The van der Waals surface area contributed by atoms with E-state index in [-0.39, 0.29) is 5.41 Å². The van der Waals surface area contributed by atoms with Crippen molar-refractivity contribution >= 4 is 28.2 Å². The molecular formula is C15H23N5OS2. The first kappa shape index (κ1) is 16.7. The Labute approximate surface area is 144 Å². The zero-order chi connectivity index (χ0) is 16.3. The summed E-state index contributed by atoms with van der Waals surface area (Å²) >= 11 is 3.19. The van der Waals surface area contributed by atoms with Gasteiger partial charge >= 0.3 is 0 Å². The number of aromatic nitrogens is 4. The van der Waals surface area contributed by atoms with Gasteiger partial charge in [-0.15, -0.1) is 10.2 Å². The molecule has 0 saturated heterocycles. The van der Waals surface area contributed by atoms with Crippen LogP contribution in [0.4, 0.5) is 5.13 Å². The van der Waals surface area contributed by atoms with Crippen LogP contribution in [-0.2, 0) is 11.2 Å². The van der Waals surface area contributed by atoms with Crippen LogP contribution in [0, 0.1) is 0 Å². The molecule has 1 aliphatic carbocycles. The number of hydrogen-bond donors (Lipinski definition) is 1. The molecule has 0 aromatic carbocycles. The summed E-state index contributed by atoms with van der Waals surface area (Å²) in [6.45, 7) is 6.22. The number of hydrogen-bond acceptors (Lipinski definition) is 8. The van der Waals surface area contributed by atoms with Gasteiger partial charge in [0.1, 0.15) is 0 Å². The van der Waals surface area contributed by atoms with E-state index in [4.69, 9.17) is 4.52 Å². The van der Waals surface area contributed by atoms with Crippen LogP contribution in [0.3, 0.4) is 0 Å². The molecule has 0 spiro atoms. The van der Waals surface area contributed by atoms with Gasteiger partial charge in [0.25, 0.3) is 0 Å². The maximum Gasteiger partial charge on any atom is 0.237 e. The fourth-order valence-corrected chi connectivity index (χ4v) is 4.16. The second-order valence-electron chi connectivity index (χ2n) is 6.90. The van der Waals surface area contributed by atoms with E-state index in [1.807, 2.05) is 0 Å². The van der Waals surface area contributed by atoms with Crippen LogP contribution < -0.4 is 5.32 Å². The lowest BCUT2D eigenvalue weighted by atomic mass is 9.96. The highest BCUT2D eigenvalue weighted by molar-refractivity contribution is 8.00. The summed E-state index contributed by atoms with van der Waals surface area (Å²) in [6.07, 6.45) is 6.45. The first-order valence-corrected chi connectivity index (χ1v) is 9.87. The van der Waals surface area contributed by atoms with Gasteiger partial charge < -0.3 is 9.84 Å². The van der Waals surface area contributed by atoms with Gasteiger partial charge in [0.2, 0.25) is 11.0 Å². The molecule has 1 N–H and O–H groups in total. The summed E-state index contributed by atoms with van der Waals surface area (Å²) in [6, 6.07) is 0.555. The summed E-state index contributed by atoms with van der Waals surface area (Å²) in [7, 11) is 0. The van der Waals surface area contributed by atoms with Gasteiger partial charge in [-0.1, -0.05) is 68.3 Å². The molecule has 1 saturated carbocycles. The highest BCUT2D eigenvalue weighted by Crippen LogP contribution is 2.30. The summed E-state index contributed by atoms with van der Waals surface area (Å²) in [5.41, 5.74) is -0.0910. The minimum absolute atomic E-state index is 0.0910. The van der Waals surface area contributed by atoms with E-state index in [0.29, 0.717) is 17.7 Å². The second-order valence-corrected chi connectivity index (χ2v) is 9.10. The Morgan fingerprint density at radius 1 is 1.22 bits per heavy atom. The normalized spacial score (nSPS) is 16.7. The largest absolute Gasteiger partial charge is 0.357 e. The summed E-state index contributed by atoms with van der Waals surface area (Å²) < 4.78 is 6.23.